The quantitative estimate of drug-likeness (QED) is 0.542. The Morgan fingerprint density at radius 1 is 1.54 bits per heavy atom. The van der Waals surface area contributed by atoms with Gasteiger partial charge in [0.25, 0.3) is 0 Å². The molecule has 1 atom stereocenters. The molecular weight excluding hydrogens is 224 g/mol. The fraction of sp³-hybridized carbons (Fsp3) is 0.167. The average Bonchev–Trinajstić information content (AvgIpc) is 2.58. The van der Waals surface area contributed by atoms with Crippen molar-refractivity contribution < 1.29 is 0 Å². The first kappa shape index (κ1) is 8.76. The molecule has 0 aliphatic heterocycles. The van der Waals surface area contributed by atoms with E-state index in [1.165, 1.54) is 11.1 Å². The second-order valence-electron chi connectivity index (χ2n) is 3.02. The van der Waals surface area contributed by atoms with Crippen molar-refractivity contribution in [3.8, 4) is 0 Å². The van der Waals surface area contributed by atoms with Crippen LogP contribution in [0.15, 0.2) is 36.4 Å². The fourth-order valence-electron chi connectivity index (χ4n) is 1.57. The summed E-state index contributed by atoms with van der Waals surface area (Å²) in [6.45, 7) is 0. The topological polar surface area (TPSA) is 0 Å². The molecule has 0 saturated carbocycles. The van der Waals surface area contributed by atoms with Crippen molar-refractivity contribution in [1.82, 2.24) is 0 Å². The first-order valence-electron chi connectivity index (χ1n) is 4.32. The van der Waals surface area contributed by atoms with Crippen molar-refractivity contribution in [2.75, 3.05) is 5.33 Å². The number of alkyl halides is 1. The SMILES string of the molecule is BrC/C=C/C1C=Cc2cc[c]cc21. The van der Waals surface area contributed by atoms with E-state index in [2.05, 4.69) is 58.4 Å². The monoisotopic (exact) mass is 233 g/mol. The van der Waals surface area contributed by atoms with Crippen molar-refractivity contribution in [2.24, 2.45) is 0 Å². The molecule has 1 unspecified atom stereocenters. The lowest BCUT2D eigenvalue weighted by Crippen LogP contribution is -1.88. The van der Waals surface area contributed by atoms with Gasteiger partial charge in [0, 0.05) is 11.2 Å². The average molecular weight is 234 g/mol. The molecule has 0 nitrogen and oxygen atoms in total. The molecule has 1 radical (unpaired) electrons. The van der Waals surface area contributed by atoms with Crippen LogP contribution in [0.25, 0.3) is 6.08 Å². The molecular formula is C12H10Br. The van der Waals surface area contributed by atoms with Crippen LogP contribution >= 0.6 is 15.9 Å². The van der Waals surface area contributed by atoms with Gasteiger partial charge in [-0.15, -0.1) is 0 Å². The highest BCUT2D eigenvalue weighted by Crippen LogP contribution is 2.30. The molecule has 13 heavy (non-hydrogen) atoms. The van der Waals surface area contributed by atoms with Crippen molar-refractivity contribution >= 4 is 22.0 Å². The summed E-state index contributed by atoms with van der Waals surface area (Å²) in [6, 6.07) is 9.24. The summed E-state index contributed by atoms with van der Waals surface area (Å²) in [5.41, 5.74) is 2.68. The van der Waals surface area contributed by atoms with Gasteiger partial charge < -0.3 is 0 Å². The minimum absolute atomic E-state index is 0.449. The van der Waals surface area contributed by atoms with E-state index >= 15 is 0 Å². The lowest BCUT2D eigenvalue weighted by Gasteiger charge is -2.03. The van der Waals surface area contributed by atoms with E-state index in [-0.39, 0.29) is 0 Å². The maximum atomic E-state index is 3.38. The molecule has 1 aromatic carbocycles. The third kappa shape index (κ3) is 1.75. The fourth-order valence-corrected chi connectivity index (χ4v) is 1.79. The summed E-state index contributed by atoms with van der Waals surface area (Å²) < 4.78 is 0. The third-order valence-corrected chi connectivity index (χ3v) is 2.58. The number of rotatable bonds is 2. The van der Waals surface area contributed by atoms with Crippen molar-refractivity contribution in [3.63, 3.8) is 0 Å². The first-order chi connectivity index (χ1) is 6.42. The zero-order chi connectivity index (χ0) is 9.10. The van der Waals surface area contributed by atoms with Crippen LogP contribution in [-0.4, -0.2) is 5.33 Å². The Labute approximate surface area is 87.1 Å². The molecule has 0 amide bonds. The van der Waals surface area contributed by atoms with E-state index in [9.17, 15) is 0 Å². The summed E-state index contributed by atoms with van der Waals surface area (Å²) >= 11 is 3.38. The van der Waals surface area contributed by atoms with Gasteiger partial charge in [-0.3, -0.25) is 0 Å². The van der Waals surface area contributed by atoms with Crippen LogP contribution in [0.5, 0.6) is 0 Å². The molecule has 1 aromatic rings. The van der Waals surface area contributed by atoms with Gasteiger partial charge >= 0.3 is 0 Å². The highest BCUT2D eigenvalue weighted by atomic mass is 79.9. The van der Waals surface area contributed by atoms with Gasteiger partial charge in [-0.2, -0.15) is 0 Å². The minimum Gasteiger partial charge on any atom is -0.0883 e. The second-order valence-corrected chi connectivity index (χ2v) is 3.67. The molecule has 0 aromatic heterocycles. The molecule has 0 saturated heterocycles. The van der Waals surface area contributed by atoms with Crippen LogP contribution in [0, 0.1) is 6.07 Å². The van der Waals surface area contributed by atoms with Crippen LogP contribution in [-0.2, 0) is 0 Å². The van der Waals surface area contributed by atoms with Crippen LogP contribution in [0.3, 0.4) is 0 Å². The number of benzene rings is 1. The zero-order valence-electron chi connectivity index (χ0n) is 7.20. The normalized spacial score (nSPS) is 19.6. The number of hydrogen-bond donors (Lipinski definition) is 0. The molecule has 1 heteroatoms. The molecule has 0 fully saturated rings. The maximum Gasteiger partial charge on any atom is 0.0212 e. The van der Waals surface area contributed by atoms with Crippen LogP contribution in [0.4, 0.5) is 0 Å². The molecule has 0 bridgehead atoms. The van der Waals surface area contributed by atoms with E-state index < -0.39 is 0 Å². The zero-order valence-corrected chi connectivity index (χ0v) is 8.79. The van der Waals surface area contributed by atoms with Crippen LogP contribution in [0.2, 0.25) is 0 Å². The largest absolute Gasteiger partial charge is 0.0883 e. The van der Waals surface area contributed by atoms with Crippen molar-refractivity contribution in [3.05, 3.63) is 53.6 Å². The predicted octanol–water partition coefficient (Wildman–Crippen LogP) is 3.55. The van der Waals surface area contributed by atoms with E-state index in [0.717, 1.165) is 5.33 Å². The molecule has 1 aliphatic carbocycles. The highest BCUT2D eigenvalue weighted by molar-refractivity contribution is 9.09. The predicted molar refractivity (Wildman–Crippen MR) is 60.0 cm³/mol. The molecule has 0 heterocycles. The molecule has 2 rings (SSSR count). The van der Waals surface area contributed by atoms with Gasteiger partial charge in [-0.1, -0.05) is 52.4 Å². The molecule has 0 N–H and O–H groups in total. The Hall–Kier alpha value is -0.820. The Kier molecular flexibility index (Phi) is 2.65. The van der Waals surface area contributed by atoms with Gasteiger partial charge in [-0.25, -0.2) is 0 Å². The van der Waals surface area contributed by atoms with Gasteiger partial charge in [0.15, 0.2) is 0 Å². The van der Waals surface area contributed by atoms with E-state index in [4.69, 9.17) is 0 Å². The van der Waals surface area contributed by atoms with Gasteiger partial charge in [0.2, 0.25) is 0 Å². The van der Waals surface area contributed by atoms with Gasteiger partial charge in [-0.05, 0) is 23.3 Å². The molecule has 65 valence electrons. The summed E-state index contributed by atoms with van der Waals surface area (Å²) in [6.07, 6.45) is 8.74. The molecule has 1 aliphatic rings. The Balaban J connectivity index is 2.28. The van der Waals surface area contributed by atoms with E-state index in [1.54, 1.807) is 0 Å². The summed E-state index contributed by atoms with van der Waals surface area (Å²) in [5, 5.41) is 0.920. The standard InChI is InChI=1S/C12H10Br/c13-9-3-5-11-8-7-10-4-1-2-6-12(10)11/h1,3-8,11H,9H2/b5-3+. The number of halogens is 1. The van der Waals surface area contributed by atoms with Crippen LogP contribution in [0.1, 0.15) is 17.0 Å². The van der Waals surface area contributed by atoms with E-state index in [1.807, 2.05) is 6.07 Å². The number of hydrogen-bond acceptors (Lipinski definition) is 0. The Morgan fingerprint density at radius 3 is 3.31 bits per heavy atom. The maximum absolute atomic E-state index is 3.38. The smallest absolute Gasteiger partial charge is 0.0212 e. The lowest BCUT2D eigenvalue weighted by atomic mass is 10.0. The number of allylic oxidation sites excluding steroid dienone is 3. The first-order valence-corrected chi connectivity index (χ1v) is 5.45. The Morgan fingerprint density at radius 2 is 2.46 bits per heavy atom. The van der Waals surface area contributed by atoms with Crippen molar-refractivity contribution in [2.45, 2.75) is 5.92 Å². The van der Waals surface area contributed by atoms with Crippen molar-refractivity contribution in [1.29, 1.82) is 0 Å². The minimum atomic E-state index is 0.449. The Bertz CT molecular complexity index is 350. The highest BCUT2D eigenvalue weighted by Gasteiger charge is 2.12. The summed E-state index contributed by atoms with van der Waals surface area (Å²) in [5.74, 6) is 0.449. The summed E-state index contributed by atoms with van der Waals surface area (Å²) in [7, 11) is 0. The summed E-state index contributed by atoms with van der Waals surface area (Å²) in [4.78, 5) is 0. The molecule has 0 spiro atoms. The third-order valence-electron chi connectivity index (χ3n) is 2.21. The van der Waals surface area contributed by atoms with Gasteiger partial charge in [0.1, 0.15) is 0 Å². The van der Waals surface area contributed by atoms with Crippen LogP contribution < -0.4 is 0 Å². The van der Waals surface area contributed by atoms with E-state index in [0.29, 0.717) is 5.92 Å². The number of fused-ring (bicyclic) bond motifs is 1. The second kappa shape index (κ2) is 3.93. The lowest BCUT2D eigenvalue weighted by molar-refractivity contribution is 1.11. The van der Waals surface area contributed by atoms with Gasteiger partial charge in [0.05, 0.1) is 0 Å².